The predicted molar refractivity (Wildman–Crippen MR) is 70.2 cm³/mol. The molecule has 16 heavy (non-hydrogen) atoms. The first-order valence-electron chi connectivity index (χ1n) is 5.48. The van der Waals surface area contributed by atoms with Crippen LogP contribution in [0, 0.1) is 6.92 Å². The summed E-state index contributed by atoms with van der Waals surface area (Å²) in [5.41, 5.74) is 3.82. The van der Waals surface area contributed by atoms with Gasteiger partial charge in [0.25, 0.3) is 0 Å². The second-order valence-electron chi connectivity index (χ2n) is 4.03. The molecular weight excluding hydrogens is 194 g/mol. The highest BCUT2D eigenvalue weighted by Crippen LogP contribution is 2.24. The van der Waals surface area contributed by atoms with Crippen molar-refractivity contribution in [3.8, 4) is 0 Å². The zero-order valence-corrected chi connectivity index (χ0v) is 9.22. The third-order valence-electron chi connectivity index (χ3n) is 2.97. The van der Waals surface area contributed by atoms with Gasteiger partial charge in [0.2, 0.25) is 0 Å². The molecule has 3 rings (SSSR count). The Kier molecular flexibility index (Phi) is 2.03. The second-order valence-corrected chi connectivity index (χ2v) is 4.03. The summed E-state index contributed by atoms with van der Waals surface area (Å²) in [7, 11) is 0. The van der Waals surface area contributed by atoms with Crippen LogP contribution in [0.1, 0.15) is 11.3 Å². The van der Waals surface area contributed by atoms with Crippen LogP contribution in [-0.2, 0) is 0 Å². The number of hydrogen-bond donors (Lipinski definition) is 0. The molecule has 0 saturated heterocycles. The van der Waals surface area contributed by atoms with Crippen molar-refractivity contribution in [3.63, 3.8) is 0 Å². The average Bonchev–Trinajstić information content (AvgIpc) is 2.57. The van der Waals surface area contributed by atoms with Gasteiger partial charge < -0.3 is 4.57 Å². The lowest BCUT2D eigenvalue weighted by atomic mass is 10.1. The second kappa shape index (κ2) is 3.53. The van der Waals surface area contributed by atoms with Crippen molar-refractivity contribution in [2.75, 3.05) is 0 Å². The number of hydrogen-bond acceptors (Lipinski definition) is 0. The van der Waals surface area contributed by atoms with Crippen molar-refractivity contribution in [1.82, 2.24) is 4.57 Å². The van der Waals surface area contributed by atoms with Gasteiger partial charge in [0.1, 0.15) is 0 Å². The number of aromatic nitrogens is 1. The topological polar surface area (TPSA) is 4.93 Å². The molecule has 0 amide bonds. The lowest BCUT2D eigenvalue weighted by Gasteiger charge is -2.02. The van der Waals surface area contributed by atoms with Gasteiger partial charge in [0.15, 0.2) is 0 Å². The van der Waals surface area contributed by atoms with Gasteiger partial charge in [-0.15, -0.1) is 0 Å². The fourth-order valence-electron chi connectivity index (χ4n) is 2.13. The molecule has 0 fully saturated rings. The SMILES string of the molecule is Cc1cccc2c1cc1n2\C=C/C=C\C=C/1. The summed E-state index contributed by atoms with van der Waals surface area (Å²) in [6.45, 7) is 2.15. The Morgan fingerprint density at radius 2 is 1.88 bits per heavy atom. The Balaban J connectivity index is 2.39. The summed E-state index contributed by atoms with van der Waals surface area (Å²) >= 11 is 0. The van der Waals surface area contributed by atoms with Crippen molar-refractivity contribution < 1.29 is 0 Å². The van der Waals surface area contributed by atoms with Crippen molar-refractivity contribution in [3.05, 3.63) is 59.8 Å². The molecule has 1 aromatic carbocycles. The quantitative estimate of drug-likeness (QED) is 0.615. The maximum Gasteiger partial charge on any atom is 0.0531 e. The standard InChI is InChI=1S/C15H13N/c1-12-7-6-9-15-14(12)11-13-8-4-2-3-5-10-16(13)15/h2-11H,1H3/b3-2-,8-4-,10-5-. The molecule has 1 aliphatic heterocycles. The first kappa shape index (κ1) is 9.22. The lowest BCUT2D eigenvalue weighted by molar-refractivity contribution is 1.20. The molecule has 0 saturated carbocycles. The molecule has 2 heterocycles. The number of allylic oxidation sites excluding steroid dienone is 4. The maximum absolute atomic E-state index is 2.24. The summed E-state index contributed by atoms with van der Waals surface area (Å²) in [5, 5.41) is 1.33. The zero-order chi connectivity index (χ0) is 11.0. The van der Waals surface area contributed by atoms with Crippen LogP contribution in [0.15, 0.2) is 48.6 Å². The van der Waals surface area contributed by atoms with Crippen LogP contribution in [0.25, 0.3) is 23.2 Å². The van der Waals surface area contributed by atoms with Gasteiger partial charge in [-0.3, -0.25) is 0 Å². The number of nitrogens with zero attached hydrogens (tertiary/aromatic N) is 1. The molecule has 0 bridgehead atoms. The van der Waals surface area contributed by atoms with E-state index in [1.165, 1.54) is 22.2 Å². The molecule has 1 heteroatoms. The molecule has 0 radical (unpaired) electrons. The smallest absolute Gasteiger partial charge is 0.0531 e. The zero-order valence-electron chi connectivity index (χ0n) is 9.22. The molecule has 2 aromatic rings. The van der Waals surface area contributed by atoms with Crippen LogP contribution in [0.5, 0.6) is 0 Å². The molecule has 0 N–H and O–H groups in total. The van der Waals surface area contributed by atoms with Crippen LogP contribution in [0.3, 0.4) is 0 Å². The number of benzene rings is 1. The van der Waals surface area contributed by atoms with E-state index in [9.17, 15) is 0 Å². The van der Waals surface area contributed by atoms with Crippen LogP contribution in [0.2, 0.25) is 0 Å². The van der Waals surface area contributed by atoms with Gasteiger partial charge in [-0.25, -0.2) is 0 Å². The van der Waals surface area contributed by atoms with Gasteiger partial charge in [-0.05, 0) is 36.8 Å². The summed E-state index contributed by atoms with van der Waals surface area (Å²) in [5.74, 6) is 0. The molecule has 0 atom stereocenters. The maximum atomic E-state index is 2.24. The van der Waals surface area contributed by atoms with E-state index in [2.05, 4.69) is 60.2 Å². The Labute approximate surface area is 95.0 Å². The molecule has 0 unspecified atom stereocenters. The molecule has 1 aliphatic rings. The highest BCUT2D eigenvalue weighted by Gasteiger charge is 2.06. The van der Waals surface area contributed by atoms with Crippen LogP contribution in [0.4, 0.5) is 0 Å². The van der Waals surface area contributed by atoms with E-state index in [0.29, 0.717) is 0 Å². The van der Waals surface area contributed by atoms with Gasteiger partial charge in [0, 0.05) is 17.3 Å². The van der Waals surface area contributed by atoms with E-state index in [1.807, 2.05) is 12.2 Å². The van der Waals surface area contributed by atoms with Crippen LogP contribution in [-0.4, -0.2) is 4.57 Å². The third-order valence-corrected chi connectivity index (χ3v) is 2.97. The minimum atomic E-state index is 1.23. The number of fused-ring (bicyclic) bond motifs is 3. The van der Waals surface area contributed by atoms with E-state index in [0.717, 1.165) is 0 Å². The van der Waals surface area contributed by atoms with Crippen molar-refractivity contribution in [2.24, 2.45) is 0 Å². The van der Waals surface area contributed by atoms with Crippen molar-refractivity contribution in [1.29, 1.82) is 0 Å². The van der Waals surface area contributed by atoms with Gasteiger partial charge in [-0.2, -0.15) is 0 Å². The van der Waals surface area contributed by atoms with Crippen LogP contribution >= 0.6 is 0 Å². The van der Waals surface area contributed by atoms with E-state index >= 15 is 0 Å². The van der Waals surface area contributed by atoms with E-state index in [4.69, 9.17) is 0 Å². The summed E-state index contributed by atoms with van der Waals surface area (Å²) < 4.78 is 2.22. The Bertz CT molecular complexity index is 624. The summed E-state index contributed by atoms with van der Waals surface area (Å²) in [6.07, 6.45) is 12.5. The first-order valence-corrected chi connectivity index (χ1v) is 5.48. The van der Waals surface area contributed by atoms with E-state index < -0.39 is 0 Å². The number of rotatable bonds is 0. The van der Waals surface area contributed by atoms with Gasteiger partial charge in [0.05, 0.1) is 5.52 Å². The molecule has 0 aliphatic carbocycles. The normalized spacial score (nSPS) is 19.8. The van der Waals surface area contributed by atoms with Crippen molar-refractivity contribution in [2.45, 2.75) is 6.92 Å². The van der Waals surface area contributed by atoms with Gasteiger partial charge >= 0.3 is 0 Å². The van der Waals surface area contributed by atoms with Gasteiger partial charge in [-0.1, -0.05) is 30.4 Å². The fourth-order valence-corrected chi connectivity index (χ4v) is 2.13. The first-order chi connectivity index (χ1) is 7.86. The van der Waals surface area contributed by atoms with Crippen molar-refractivity contribution >= 4 is 23.2 Å². The highest BCUT2D eigenvalue weighted by molar-refractivity contribution is 5.88. The highest BCUT2D eigenvalue weighted by atomic mass is 15.0. The third kappa shape index (κ3) is 1.33. The molecule has 78 valence electrons. The fraction of sp³-hybridized carbons (Fsp3) is 0.0667. The predicted octanol–water partition coefficient (Wildman–Crippen LogP) is 4.00. The van der Waals surface area contributed by atoms with E-state index in [-0.39, 0.29) is 0 Å². The Morgan fingerprint density at radius 3 is 2.81 bits per heavy atom. The molecule has 1 aromatic heterocycles. The summed E-state index contributed by atoms with van der Waals surface area (Å²) in [4.78, 5) is 0. The Hall–Kier alpha value is -2.02. The largest absolute Gasteiger partial charge is 0.317 e. The molecule has 0 spiro atoms. The molecular formula is C15H13N. The number of aryl methyl sites for hydroxylation is 1. The monoisotopic (exact) mass is 207 g/mol. The Morgan fingerprint density at radius 1 is 1.00 bits per heavy atom. The average molecular weight is 207 g/mol. The lowest BCUT2D eigenvalue weighted by Crippen LogP contribution is -1.89. The minimum Gasteiger partial charge on any atom is -0.317 e. The minimum absolute atomic E-state index is 1.23. The van der Waals surface area contributed by atoms with E-state index in [1.54, 1.807) is 0 Å². The molecule has 1 nitrogen and oxygen atoms in total. The summed E-state index contributed by atoms with van der Waals surface area (Å²) in [6, 6.07) is 8.67. The van der Waals surface area contributed by atoms with Crippen LogP contribution < -0.4 is 0 Å².